The number of carbonyl (C=O) groups is 4. The van der Waals surface area contributed by atoms with Gasteiger partial charge in [0.25, 0.3) is 0 Å². The summed E-state index contributed by atoms with van der Waals surface area (Å²) in [5.74, 6) is 1.42. The molecule has 5 aromatic rings. The van der Waals surface area contributed by atoms with E-state index in [1.807, 2.05) is 28.1 Å². The number of fused-ring (bicyclic) bond motifs is 1. The second-order valence-electron chi connectivity index (χ2n) is 18.6. The Bertz CT molecular complexity index is 2590. The molecule has 4 amide bonds. The largest absolute Gasteiger partial charge is 0.453 e. The van der Waals surface area contributed by atoms with Crippen molar-refractivity contribution in [3.05, 3.63) is 83.7 Å². The predicted molar refractivity (Wildman–Crippen MR) is 252 cm³/mol. The number of nitrogens with one attached hydrogen (secondary N) is 4. The van der Waals surface area contributed by atoms with Gasteiger partial charge < -0.3 is 49.3 Å². The van der Waals surface area contributed by atoms with E-state index in [1.165, 1.54) is 14.2 Å². The van der Waals surface area contributed by atoms with Crippen molar-refractivity contribution in [3.8, 4) is 33.6 Å². The van der Waals surface area contributed by atoms with Gasteiger partial charge in [-0.05, 0) is 96.2 Å². The molecule has 6 atom stereocenters. The van der Waals surface area contributed by atoms with Crippen molar-refractivity contribution in [2.45, 2.75) is 76.5 Å². The molecule has 0 radical (unpaired) electrons. The third kappa shape index (κ3) is 9.88. The highest BCUT2D eigenvalue weighted by Gasteiger charge is 2.44. The van der Waals surface area contributed by atoms with Crippen LogP contribution in [0.3, 0.4) is 0 Å². The number of aromatic nitrogens is 4. The van der Waals surface area contributed by atoms with Crippen LogP contribution in [0, 0.1) is 23.7 Å². The molecule has 2 unspecified atom stereocenters. The van der Waals surface area contributed by atoms with Gasteiger partial charge in [-0.25, -0.2) is 19.6 Å². The number of halogens is 1. The van der Waals surface area contributed by atoms with Crippen molar-refractivity contribution < 1.29 is 38.1 Å². The van der Waals surface area contributed by atoms with Crippen LogP contribution in [-0.4, -0.2) is 120 Å². The topological polar surface area (TPSA) is 193 Å². The molecule has 4 saturated heterocycles. The molecular weight excluding hydrogens is 876 g/mol. The number of benzene rings is 3. The van der Waals surface area contributed by atoms with Crippen LogP contribution in [0.5, 0.6) is 0 Å². The van der Waals surface area contributed by atoms with E-state index in [4.69, 9.17) is 40.5 Å². The number of likely N-dealkylation sites (tertiary alicyclic amines) is 2. The number of nitrogens with zero attached hydrogens (tertiary/aromatic N) is 4. The summed E-state index contributed by atoms with van der Waals surface area (Å²) in [7, 11) is 2.61. The maximum atomic E-state index is 14.2. The number of hydrogen-bond donors (Lipinski definition) is 4. The summed E-state index contributed by atoms with van der Waals surface area (Å²) in [4.78, 5) is 73.4. The first kappa shape index (κ1) is 46.2. The second-order valence-corrected chi connectivity index (χ2v) is 19.0. The molecule has 4 aliphatic rings. The van der Waals surface area contributed by atoms with Gasteiger partial charge in [-0.3, -0.25) is 9.59 Å². The lowest BCUT2D eigenvalue weighted by atomic mass is 9.90. The third-order valence-corrected chi connectivity index (χ3v) is 14.3. The van der Waals surface area contributed by atoms with Crippen LogP contribution in [0.4, 0.5) is 9.59 Å². The molecule has 3 aromatic carbocycles. The quantitative estimate of drug-likeness (QED) is 0.101. The molecule has 9 rings (SSSR count). The van der Waals surface area contributed by atoms with E-state index in [1.54, 1.807) is 0 Å². The van der Waals surface area contributed by atoms with Gasteiger partial charge in [0.1, 0.15) is 34.6 Å². The normalized spacial score (nSPS) is 22.4. The number of imidazole rings is 2. The Kier molecular flexibility index (Phi) is 13.8. The fourth-order valence-corrected chi connectivity index (χ4v) is 10.7. The Morgan fingerprint density at radius 3 is 1.69 bits per heavy atom. The van der Waals surface area contributed by atoms with E-state index in [0.29, 0.717) is 88.3 Å². The Morgan fingerprint density at radius 2 is 1.15 bits per heavy atom. The first-order chi connectivity index (χ1) is 32.5. The minimum Gasteiger partial charge on any atom is -0.453 e. The molecule has 0 saturated carbocycles. The van der Waals surface area contributed by atoms with Crippen molar-refractivity contribution in [3.63, 3.8) is 0 Å². The minimum absolute atomic E-state index is 0.0445. The van der Waals surface area contributed by atoms with E-state index >= 15 is 0 Å². The van der Waals surface area contributed by atoms with Gasteiger partial charge in [0.2, 0.25) is 11.8 Å². The Balaban J connectivity index is 0.888. The third-order valence-electron chi connectivity index (χ3n) is 14.1. The van der Waals surface area contributed by atoms with Gasteiger partial charge in [-0.15, -0.1) is 0 Å². The zero-order chi connectivity index (χ0) is 46.8. The van der Waals surface area contributed by atoms with Crippen LogP contribution >= 0.6 is 11.6 Å². The number of hydrogen-bond acceptors (Lipinski definition) is 10. The monoisotopic (exact) mass is 934 g/mol. The van der Waals surface area contributed by atoms with E-state index in [2.05, 4.69) is 83.0 Å². The fraction of sp³-hybridized carbons (Fsp3) is 0.480. The Morgan fingerprint density at radius 1 is 0.672 bits per heavy atom. The van der Waals surface area contributed by atoms with Gasteiger partial charge >= 0.3 is 12.2 Å². The summed E-state index contributed by atoms with van der Waals surface area (Å²) in [6.07, 6.45) is 4.73. The Labute approximate surface area is 394 Å². The van der Waals surface area contributed by atoms with Crippen molar-refractivity contribution in [2.24, 2.45) is 23.7 Å². The lowest BCUT2D eigenvalue weighted by molar-refractivity contribution is -0.137. The van der Waals surface area contributed by atoms with Crippen molar-refractivity contribution in [2.75, 3.05) is 53.7 Å². The average Bonchev–Trinajstić information content (AvgIpc) is 4.18. The van der Waals surface area contributed by atoms with E-state index in [9.17, 15) is 19.2 Å². The molecule has 6 heterocycles. The number of ether oxygens (including phenoxy) is 4. The van der Waals surface area contributed by atoms with E-state index in [-0.39, 0.29) is 47.6 Å². The van der Waals surface area contributed by atoms with Crippen LogP contribution in [0.1, 0.15) is 76.1 Å². The maximum absolute atomic E-state index is 14.2. The molecule has 4 N–H and O–H groups in total. The summed E-state index contributed by atoms with van der Waals surface area (Å²) in [6, 6.07) is 18.8. The van der Waals surface area contributed by atoms with E-state index in [0.717, 1.165) is 51.0 Å². The van der Waals surface area contributed by atoms with Gasteiger partial charge in [-0.1, -0.05) is 74.0 Å². The molecular formula is C50H59ClN8O8. The zero-order valence-corrected chi connectivity index (χ0v) is 39.1. The number of alkyl carbamates (subject to hydrolysis) is 2. The highest BCUT2D eigenvalue weighted by atomic mass is 35.5. The first-order valence-corrected chi connectivity index (χ1v) is 23.8. The lowest BCUT2D eigenvalue weighted by Gasteiger charge is -2.34. The number of methoxy groups -OCH3 is 2. The van der Waals surface area contributed by atoms with Gasteiger partial charge in [0.15, 0.2) is 0 Å². The predicted octanol–water partition coefficient (Wildman–Crippen LogP) is 8.06. The summed E-state index contributed by atoms with van der Waals surface area (Å²) in [5.41, 5.74) is 5.37. The summed E-state index contributed by atoms with van der Waals surface area (Å²) in [6.45, 7) is 7.52. The van der Waals surface area contributed by atoms with Crippen LogP contribution in [0.2, 0.25) is 5.15 Å². The molecule has 0 spiro atoms. The van der Waals surface area contributed by atoms with Gasteiger partial charge in [-0.2, -0.15) is 0 Å². The molecule has 4 aliphatic heterocycles. The van der Waals surface area contributed by atoms with Crippen molar-refractivity contribution in [1.29, 1.82) is 0 Å². The highest BCUT2D eigenvalue weighted by molar-refractivity contribution is 6.32. The van der Waals surface area contributed by atoms with Crippen LogP contribution in [0.25, 0.3) is 44.4 Å². The summed E-state index contributed by atoms with van der Waals surface area (Å²) in [5, 5.41) is 8.19. The second kappa shape index (κ2) is 20.1. The van der Waals surface area contributed by atoms with Crippen molar-refractivity contribution >= 4 is 46.4 Å². The molecule has 4 fully saturated rings. The van der Waals surface area contributed by atoms with Gasteiger partial charge in [0.05, 0.1) is 38.2 Å². The SMILES string of the molecule is COC(=O)NC(C(=O)N1C[C@@H](C)C[C@H]1c1ncc(-c2ccc3cc(-c4ccc(-c5nc([C@@H]6C[C@H](C)CN6C(=O)C(NC(=O)OC)C6CCOCC6)[nH]c5Cl)cc4)ccc3c2)[nH]1)C1CCOCC1. The van der Waals surface area contributed by atoms with E-state index < -0.39 is 24.3 Å². The molecule has 67 heavy (non-hydrogen) atoms. The summed E-state index contributed by atoms with van der Waals surface area (Å²) >= 11 is 6.84. The number of rotatable bonds is 11. The van der Waals surface area contributed by atoms with Gasteiger partial charge in [0, 0.05) is 50.6 Å². The van der Waals surface area contributed by atoms with Crippen LogP contribution in [0.15, 0.2) is 66.9 Å². The standard InChI is InChI=1S/C50H59ClN8O8/c1-28-21-39(58(26-28)47(60)42(55-49(62)64-3)32-13-17-66-18-14-32)45-52-25-38(53-45)37-12-11-35-23-34(9-10-36(35)24-37)30-5-7-31(8-6-30)41-44(51)57-46(54-41)40-22-29(2)27-59(40)48(61)43(56-50(63)65-4)33-15-19-67-20-16-33/h5-12,23-25,28-29,32-33,39-40,42-43H,13-22,26-27H2,1-4H3,(H,52,53)(H,54,57)(H,55,62)(H,56,63)/t28-,29-,39-,40-,42?,43?/m0/s1. The number of amides is 4. The number of H-pyrrole nitrogens is 2. The van der Waals surface area contributed by atoms with Crippen molar-refractivity contribution in [1.82, 2.24) is 40.4 Å². The first-order valence-electron chi connectivity index (χ1n) is 23.4. The average molecular weight is 936 g/mol. The summed E-state index contributed by atoms with van der Waals surface area (Å²) < 4.78 is 20.9. The molecule has 2 aromatic heterocycles. The van der Waals surface area contributed by atoms with Crippen LogP contribution in [-0.2, 0) is 28.5 Å². The fourth-order valence-electron chi connectivity index (χ4n) is 10.5. The molecule has 17 heteroatoms. The Hall–Kier alpha value is -5.97. The molecule has 354 valence electrons. The maximum Gasteiger partial charge on any atom is 0.407 e. The lowest BCUT2D eigenvalue weighted by Crippen LogP contribution is -2.53. The number of aromatic amines is 2. The molecule has 0 bridgehead atoms. The highest BCUT2D eigenvalue weighted by Crippen LogP contribution is 2.40. The minimum atomic E-state index is -0.734. The van der Waals surface area contributed by atoms with Crippen LogP contribution < -0.4 is 10.6 Å². The smallest absolute Gasteiger partial charge is 0.407 e. The number of carbonyl (C=O) groups excluding carboxylic acids is 4. The zero-order valence-electron chi connectivity index (χ0n) is 38.4. The molecule has 0 aliphatic carbocycles. The molecule has 16 nitrogen and oxygen atoms in total.